The molecule has 3 aromatic heterocycles. The molecule has 0 spiro atoms. The molecule has 35 heavy (non-hydrogen) atoms. The Balaban J connectivity index is 1.74. The summed E-state index contributed by atoms with van der Waals surface area (Å²) in [7, 11) is 2.93. The highest BCUT2D eigenvalue weighted by atomic mass is 35.5. The zero-order valence-electron chi connectivity index (χ0n) is 19.8. The number of carbonyl (C=O) groups excluding carboxylic acids is 1. The van der Waals surface area contributed by atoms with Gasteiger partial charge in [-0.25, -0.2) is 9.59 Å². The molecule has 3 heterocycles. The molecule has 0 saturated carbocycles. The maximum Gasteiger partial charge on any atom is 0.337 e. The fraction of sp³-hybridized carbons (Fsp3) is 0.292. The summed E-state index contributed by atoms with van der Waals surface area (Å²) in [6.07, 6.45) is 2.22. The number of nitrogens with two attached hydrogens (primary N) is 1. The summed E-state index contributed by atoms with van der Waals surface area (Å²) < 4.78 is 13.3. The average molecular weight is 497 g/mol. The van der Waals surface area contributed by atoms with Gasteiger partial charge in [0.05, 0.1) is 32.0 Å². The quantitative estimate of drug-likeness (QED) is 0.305. The van der Waals surface area contributed by atoms with Crippen LogP contribution < -0.4 is 16.2 Å². The fourth-order valence-electron chi connectivity index (χ4n) is 4.08. The molecule has 0 radical (unpaired) electrons. The predicted molar refractivity (Wildman–Crippen MR) is 132 cm³/mol. The molecule has 0 fully saturated rings. The molecule has 2 N–H and O–H groups in total. The highest BCUT2D eigenvalue weighted by Crippen LogP contribution is 2.26. The number of benzene rings is 1. The lowest BCUT2D eigenvalue weighted by molar-refractivity contribution is 0.0600. The third-order valence-corrected chi connectivity index (χ3v) is 6.15. The van der Waals surface area contributed by atoms with Crippen molar-refractivity contribution in [2.45, 2.75) is 33.4 Å². The van der Waals surface area contributed by atoms with Crippen LogP contribution in [0.5, 0.6) is 5.75 Å². The van der Waals surface area contributed by atoms with Gasteiger partial charge in [0.25, 0.3) is 0 Å². The number of aromatic nitrogens is 5. The second kappa shape index (κ2) is 9.75. The van der Waals surface area contributed by atoms with Crippen LogP contribution in [0.2, 0.25) is 5.15 Å². The molecule has 10 nitrogen and oxygen atoms in total. The minimum absolute atomic E-state index is 0.0297. The van der Waals surface area contributed by atoms with E-state index in [4.69, 9.17) is 26.8 Å². The van der Waals surface area contributed by atoms with Crippen LogP contribution in [-0.4, -0.2) is 44.3 Å². The third-order valence-electron chi connectivity index (χ3n) is 5.88. The number of ether oxygens (including phenoxy) is 2. The van der Waals surface area contributed by atoms with Gasteiger partial charge in [0.1, 0.15) is 11.3 Å². The molecule has 0 saturated heterocycles. The van der Waals surface area contributed by atoms with E-state index < -0.39 is 5.97 Å². The zero-order valence-corrected chi connectivity index (χ0v) is 20.6. The van der Waals surface area contributed by atoms with Crippen LogP contribution in [0.3, 0.4) is 0 Å². The van der Waals surface area contributed by atoms with Gasteiger partial charge in [-0.1, -0.05) is 23.7 Å². The molecule has 4 rings (SSSR count). The lowest BCUT2D eigenvalue weighted by Crippen LogP contribution is -2.26. The first-order valence-corrected chi connectivity index (χ1v) is 11.2. The first kappa shape index (κ1) is 24.2. The minimum atomic E-state index is -0.408. The van der Waals surface area contributed by atoms with Gasteiger partial charge in [-0.15, -0.1) is 0 Å². The molecule has 182 valence electrons. The summed E-state index contributed by atoms with van der Waals surface area (Å²) >= 11 is 6.42. The lowest BCUT2D eigenvalue weighted by atomic mass is 10.1. The molecule has 0 amide bonds. The summed E-state index contributed by atoms with van der Waals surface area (Å²) in [5, 5.41) is 0.0931. The maximum absolute atomic E-state index is 13.5. The topological polar surface area (TPSA) is 127 Å². The molecular formula is C24H25ClN6O4. The lowest BCUT2D eigenvalue weighted by Gasteiger charge is -2.12. The van der Waals surface area contributed by atoms with Gasteiger partial charge < -0.3 is 15.2 Å². The van der Waals surface area contributed by atoms with Crippen molar-refractivity contribution in [3.63, 3.8) is 0 Å². The van der Waals surface area contributed by atoms with Crippen LogP contribution in [0.4, 0.5) is 5.95 Å². The van der Waals surface area contributed by atoms with Crippen molar-refractivity contribution < 1.29 is 14.3 Å². The number of pyridine rings is 1. The number of esters is 1. The first-order chi connectivity index (χ1) is 16.7. The van der Waals surface area contributed by atoms with E-state index >= 15 is 0 Å². The number of carbonyl (C=O) groups is 1. The van der Waals surface area contributed by atoms with Crippen LogP contribution in [-0.2, 0) is 24.2 Å². The Morgan fingerprint density at radius 1 is 1.11 bits per heavy atom. The molecule has 0 unspecified atom stereocenters. The molecule has 0 aliphatic heterocycles. The van der Waals surface area contributed by atoms with Gasteiger partial charge in [-0.2, -0.15) is 9.97 Å². The molecule has 0 bridgehead atoms. The van der Waals surface area contributed by atoms with Crippen molar-refractivity contribution in [3.05, 3.63) is 74.0 Å². The van der Waals surface area contributed by atoms with Gasteiger partial charge in [0.2, 0.25) is 5.95 Å². The van der Waals surface area contributed by atoms with Gasteiger partial charge in [0, 0.05) is 23.9 Å². The fourth-order valence-corrected chi connectivity index (χ4v) is 4.35. The first-order valence-electron chi connectivity index (χ1n) is 10.8. The number of nitrogens with zero attached hydrogens (tertiary/aromatic N) is 5. The smallest absolute Gasteiger partial charge is 0.337 e. The van der Waals surface area contributed by atoms with E-state index in [9.17, 15) is 9.59 Å². The Morgan fingerprint density at radius 3 is 2.49 bits per heavy atom. The maximum atomic E-state index is 13.5. The van der Waals surface area contributed by atoms with Crippen molar-refractivity contribution in [2.75, 3.05) is 20.0 Å². The highest BCUT2D eigenvalue weighted by molar-refractivity contribution is 6.33. The number of nitrogen functional groups attached to an aromatic ring is 1. The summed E-state index contributed by atoms with van der Waals surface area (Å²) in [5.74, 6) is 0.279. The largest absolute Gasteiger partial charge is 0.496 e. The molecule has 11 heteroatoms. The molecular weight excluding hydrogens is 472 g/mol. The van der Waals surface area contributed by atoms with Gasteiger partial charge >= 0.3 is 11.7 Å². The van der Waals surface area contributed by atoms with E-state index in [2.05, 4.69) is 15.0 Å². The van der Waals surface area contributed by atoms with Crippen molar-refractivity contribution in [2.24, 2.45) is 0 Å². The van der Waals surface area contributed by atoms with Crippen LogP contribution >= 0.6 is 11.6 Å². The van der Waals surface area contributed by atoms with Crippen molar-refractivity contribution in [1.82, 2.24) is 24.1 Å². The number of imidazole rings is 1. The zero-order chi connectivity index (χ0) is 25.3. The van der Waals surface area contributed by atoms with Crippen molar-refractivity contribution >= 4 is 34.7 Å². The Bertz CT molecular complexity index is 1480. The van der Waals surface area contributed by atoms with Crippen molar-refractivity contribution in [3.8, 4) is 5.75 Å². The van der Waals surface area contributed by atoms with Crippen LogP contribution in [0.25, 0.3) is 11.2 Å². The summed E-state index contributed by atoms with van der Waals surface area (Å²) in [6, 6.07) is 7.00. The number of methoxy groups -OCH3 is 2. The van der Waals surface area contributed by atoms with E-state index in [0.717, 1.165) is 22.4 Å². The number of hydrogen-bond acceptors (Lipinski definition) is 8. The van der Waals surface area contributed by atoms with E-state index in [1.165, 1.54) is 16.2 Å². The minimum Gasteiger partial charge on any atom is -0.496 e. The van der Waals surface area contributed by atoms with Gasteiger partial charge in [-0.05, 0) is 38.0 Å². The standard InChI is InChI=1S/C24H25ClN6O4/c1-13-11-27-17(14(2)19(13)34-3)12-31-21-18(20(25)28-23(26)29-21)30(24(31)33)10-9-15-5-7-16(8-6-15)22(32)35-4/h5-8,11H,9-10,12H2,1-4H3,(H2,26,28,29). The Hall–Kier alpha value is -3.92. The van der Waals surface area contributed by atoms with Crippen LogP contribution in [0.15, 0.2) is 35.3 Å². The van der Waals surface area contributed by atoms with Gasteiger partial charge in [0.15, 0.2) is 10.8 Å². The van der Waals surface area contributed by atoms with E-state index in [0.29, 0.717) is 35.4 Å². The second-order valence-electron chi connectivity index (χ2n) is 8.05. The molecule has 4 aromatic rings. The summed E-state index contributed by atoms with van der Waals surface area (Å²) in [5.41, 5.74) is 10.0. The second-order valence-corrected chi connectivity index (χ2v) is 8.41. The SMILES string of the molecule is COC(=O)c1ccc(CCn2c(=O)n(Cc3ncc(C)c(OC)c3C)c3nc(N)nc(Cl)c32)cc1. The van der Waals surface area contributed by atoms with E-state index in [-0.39, 0.29) is 23.3 Å². The Kier molecular flexibility index (Phi) is 6.74. The normalized spacial score (nSPS) is 11.1. The Morgan fingerprint density at radius 2 is 1.83 bits per heavy atom. The average Bonchev–Trinajstić information content (AvgIpc) is 3.10. The third kappa shape index (κ3) is 4.57. The van der Waals surface area contributed by atoms with Gasteiger partial charge in [-0.3, -0.25) is 14.1 Å². The number of rotatable bonds is 7. The van der Waals surface area contributed by atoms with E-state index in [1.54, 1.807) is 25.4 Å². The molecule has 0 aliphatic rings. The highest BCUT2D eigenvalue weighted by Gasteiger charge is 2.21. The molecule has 1 aromatic carbocycles. The Labute approximate surface area is 206 Å². The number of fused-ring (bicyclic) bond motifs is 1. The van der Waals surface area contributed by atoms with Crippen LogP contribution in [0, 0.1) is 13.8 Å². The number of anilines is 1. The number of hydrogen-bond donors (Lipinski definition) is 1. The summed E-state index contributed by atoms with van der Waals surface area (Å²) in [4.78, 5) is 38.1. The summed E-state index contributed by atoms with van der Waals surface area (Å²) in [6.45, 7) is 4.28. The molecule has 0 aliphatic carbocycles. The molecule has 0 atom stereocenters. The predicted octanol–water partition coefficient (Wildman–Crippen LogP) is 2.93. The van der Waals surface area contributed by atoms with E-state index in [1.807, 2.05) is 26.0 Å². The van der Waals surface area contributed by atoms with Crippen LogP contribution in [0.1, 0.15) is 32.7 Å². The van der Waals surface area contributed by atoms with Crippen molar-refractivity contribution in [1.29, 1.82) is 0 Å². The monoisotopic (exact) mass is 496 g/mol. The number of aryl methyl sites for hydroxylation is 3. The number of halogens is 1.